The standard InChI is InChI=1S/C18H25NO3/c1-3-14(2)13-16(20)19-11-9-18(10-12-19,17(21)22)15-7-5-4-6-8-15/h4-8,14H,3,9-13H2,1-2H3,(H,21,22). The van der Waals surface area contributed by atoms with Crippen molar-refractivity contribution in [2.24, 2.45) is 5.92 Å². The first-order valence-corrected chi connectivity index (χ1v) is 8.06. The van der Waals surface area contributed by atoms with Crippen LogP contribution in [0.25, 0.3) is 0 Å². The number of hydrogen-bond donors (Lipinski definition) is 1. The van der Waals surface area contributed by atoms with Crippen LogP contribution in [-0.4, -0.2) is 35.0 Å². The fraction of sp³-hybridized carbons (Fsp3) is 0.556. The van der Waals surface area contributed by atoms with E-state index in [9.17, 15) is 14.7 Å². The lowest BCUT2D eigenvalue weighted by Gasteiger charge is -2.39. The SMILES string of the molecule is CCC(C)CC(=O)N1CCC(C(=O)O)(c2ccccc2)CC1. The van der Waals surface area contributed by atoms with Gasteiger partial charge in [-0.05, 0) is 24.3 Å². The Morgan fingerprint density at radius 2 is 1.82 bits per heavy atom. The lowest BCUT2D eigenvalue weighted by atomic mass is 9.72. The zero-order valence-electron chi connectivity index (χ0n) is 13.4. The molecule has 1 aliphatic rings. The largest absolute Gasteiger partial charge is 0.481 e. The molecule has 1 aromatic carbocycles. The predicted molar refractivity (Wildman–Crippen MR) is 85.6 cm³/mol. The first-order chi connectivity index (χ1) is 10.5. The van der Waals surface area contributed by atoms with Gasteiger partial charge in [0.05, 0.1) is 5.41 Å². The van der Waals surface area contributed by atoms with Crippen molar-refractivity contribution in [2.75, 3.05) is 13.1 Å². The van der Waals surface area contributed by atoms with Crippen molar-refractivity contribution in [2.45, 2.75) is 44.9 Å². The monoisotopic (exact) mass is 303 g/mol. The molecule has 0 aliphatic carbocycles. The Balaban J connectivity index is 2.08. The number of amides is 1. The summed E-state index contributed by atoms with van der Waals surface area (Å²) in [5.41, 5.74) is -0.00876. The smallest absolute Gasteiger partial charge is 0.314 e. The van der Waals surface area contributed by atoms with Gasteiger partial charge in [-0.25, -0.2) is 0 Å². The lowest BCUT2D eigenvalue weighted by molar-refractivity contribution is -0.148. The zero-order valence-corrected chi connectivity index (χ0v) is 13.4. The molecule has 1 heterocycles. The van der Waals surface area contributed by atoms with Crippen molar-refractivity contribution in [1.29, 1.82) is 0 Å². The van der Waals surface area contributed by atoms with Gasteiger partial charge in [0, 0.05) is 19.5 Å². The van der Waals surface area contributed by atoms with Gasteiger partial charge in [0.1, 0.15) is 0 Å². The molecule has 4 nitrogen and oxygen atoms in total. The molecule has 22 heavy (non-hydrogen) atoms. The number of nitrogens with zero attached hydrogens (tertiary/aromatic N) is 1. The van der Waals surface area contributed by atoms with Crippen LogP contribution in [0, 0.1) is 5.92 Å². The molecule has 1 fully saturated rings. The number of likely N-dealkylation sites (tertiary alicyclic amines) is 1. The third-order valence-corrected chi connectivity index (χ3v) is 4.93. The highest BCUT2D eigenvalue weighted by molar-refractivity contribution is 5.82. The van der Waals surface area contributed by atoms with Crippen molar-refractivity contribution >= 4 is 11.9 Å². The summed E-state index contributed by atoms with van der Waals surface area (Å²) in [7, 11) is 0. The predicted octanol–water partition coefficient (Wildman–Crippen LogP) is 3.07. The van der Waals surface area contributed by atoms with Gasteiger partial charge in [-0.15, -0.1) is 0 Å². The summed E-state index contributed by atoms with van der Waals surface area (Å²) in [5, 5.41) is 9.75. The Morgan fingerprint density at radius 3 is 2.32 bits per heavy atom. The second-order valence-electron chi connectivity index (χ2n) is 6.35. The minimum atomic E-state index is -0.853. The van der Waals surface area contributed by atoms with Gasteiger partial charge in [0.25, 0.3) is 0 Å². The van der Waals surface area contributed by atoms with E-state index in [0.29, 0.717) is 38.3 Å². The highest BCUT2D eigenvalue weighted by atomic mass is 16.4. The maximum atomic E-state index is 12.3. The number of hydrogen-bond acceptors (Lipinski definition) is 2. The molecule has 0 aromatic heterocycles. The summed E-state index contributed by atoms with van der Waals surface area (Å²) >= 11 is 0. The van der Waals surface area contributed by atoms with Crippen molar-refractivity contribution in [3.63, 3.8) is 0 Å². The van der Waals surface area contributed by atoms with Crippen LogP contribution in [0.3, 0.4) is 0 Å². The van der Waals surface area contributed by atoms with Crippen molar-refractivity contribution in [3.05, 3.63) is 35.9 Å². The molecule has 1 unspecified atom stereocenters. The molecule has 120 valence electrons. The van der Waals surface area contributed by atoms with Crippen LogP contribution in [0.4, 0.5) is 0 Å². The number of benzene rings is 1. The van der Waals surface area contributed by atoms with Crippen LogP contribution in [0.15, 0.2) is 30.3 Å². The first-order valence-electron chi connectivity index (χ1n) is 8.06. The number of carboxylic acids is 1. The van der Waals surface area contributed by atoms with Gasteiger partial charge in [-0.3, -0.25) is 9.59 Å². The molecule has 0 radical (unpaired) electrons. The Kier molecular flexibility index (Phi) is 5.22. The number of rotatable bonds is 5. The van der Waals surface area contributed by atoms with E-state index >= 15 is 0 Å². The maximum absolute atomic E-state index is 12.3. The van der Waals surface area contributed by atoms with E-state index in [0.717, 1.165) is 12.0 Å². The topological polar surface area (TPSA) is 57.6 Å². The molecule has 1 N–H and O–H groups in total. The summed E-state index contributed by atoms with van der Waals surface area (Å²) < 4.78 is 0. The summed E-state index contributed by atoms with van der Waals surface area (Å²) in [6, 6.07) is 9.40. The Labute approximate surface area is 132 Å². The Bertz CT molecular complexity index is 518. The molecule has 0 bridgehead atoms. The number of carbonyl (C=O) groups is 2. The summed E-state index contributed by atoms with van der Waals surface area (Å²) in [6.45, 7) is 5.21. The van der Waals surface area contributed by atoms with Crippen molar-refractivity contribution < 1.29 is 14.7 Å². The van der Waals surface area contributed by atoms with E-state index in [2.05, 4.69) is 13.8 Å². The van der Waals surface area contributed by atoms with Crippen LogP contribution in [-0.2, 0) is 15.0 Å². The molecule has 1 saturated heterocycles. The minimum Gasteiger partial charge on any atom is -0.481 e. The minimum absolute atomic E-state index is 0.154. The van der Waals surface area contributed by atoms with Gasteiger partial charge < -0.3 is 10.0 Å². The molecule has 1 aromatic rings. The normalized spacial score (nSPS) is 18.7. The van der Waals surface area contributed by atoms with Gasteiger partial charge in [-0.1, -0.05) is 50.6 Å². The molecular weight excluding hydrogens is 278 g/mol. The average molecular weight is 303 g/mol. The number of piperidine rings is 1. The second kappa shape index (κ2) is 6.95. The van der Waals surface area contributed by atoms with Crippen molar-refractivity contribution in [1.82, 2.24) is 4.90 Å². The van der Waals surface area contributed by atoms with Gasteiger partial charge in [-0.2, -0.15) is 0 Å². The summed E-state index contributed by atoms with van der Waals surface area (Å²) in [6.07, 6.45) is 2.52. The Hall–Kier alpha value is -1.84. The highest BCUT2D eigenvalue weighted by Gasteiger charge is 2.43. The van der Waals surface area contributed by atoms with Gasteiger partial charge in [0.15, 0.2) is 0 Å². The van der Waals surface area contributed by atoms with Crippen LogP contribution >= 0.6 is 0 Å². The molecule has 1 amide bonds. The molecule has 2 rings (SSSR count). The van der Waals surface area contributed by atoms with E-state index in [1.54, 1.807) is 0 Å². The lowest BCUT2D eigenvalue weighted by Crippen LogP contribution is -2.49. The summed E-state index contributed by atoms with van der Waals surface area (Å²) in [4.78, 5) is 26.0. The molecule has 1 aliphatic heterocycles. The Morgan fingerprint density at radius 1 is 1.23 bits per heavy atom. The van der Waals surface area contributed by atoms with E-state index in [1.165, 1.54) is 0 Å². The van der Waals surface area contributed by atoms with Crippen LogP contribution in [0.1, 0.15) is 45.1 Å². The van der Waals surface area contributed by atoms with Gasteiger partial charge in [0.2, 0.25) is 5.91 Å². The molecule has 0 saturated carbocycles. The molecular formula is C18H25NO3. The van der Waals surface area contributed by atoms with E-state index in [-0.39, 0.29) is 5.91 Å². The highest BCUT2D eigenvalue weighted by Crippen LogP contribution is 2.36. The summed E-state index contributed by atoms with van der Waals surface area (Å²) in [5.74, 6) is -0.248. The third-order valence-electron chi connectivity index (χ3n) is 4.93. The molecule has 0 spiro atoms. The fourth-order valence-electron chi connectivity index (χ4n) is 3.09. The second-order valence-corrected chi connectivity index (χ2v) is 6.35. The quantitative estimate of drug-likeness (QED) is 0.909. The van der Waals surface area contributed by atoms with Crippen LogP contribution < -0.4 is 0 Å². The fourth-order valence-corrected chi connectivity index (χ4v) is 3.09. The van der Waals surface area contributed by atoms with E-state index in [1.807, 2.05) is 35.2 Å². The van der Waals surface area contributed by atoms with E-state index in [4.69, 9.17) is 0 Å². The third kappa shape index (κ3) is 3.32. The molecule has 1 atom stereocenters. The van der Waals surface area contributed by atoms with Gasteiger partial charge >= 0.3 is 5.97 Å². The van der Waals surface area contributed by atoms with E-state index < -0.39 is 11.4 Å². The average Bonchev–Trinajstić information content (AvgIpc) is 2.55. The molecule has 4 heteroatoms. The number of carboxylic acid groups (broad SMARTS) is 1. The maximum Gasteiger partial charge on any atom is 0.314 e. The van der Waals surface area contributed by atoms with Crippen LogP contribution in [0.5, 0.6) is 0 Å². The first kappa shape index (κ1) is 16.5. The zero-order chi connectivity index (χ0) is 16.2. The van der Waals surface area contributed by atoms with Crippen LogP contribution in [0.2, 0.25) is 0 Å². The van der Waals surface area contributed by atoms with Crippen molar-refractivity contribution in [3.8, 4) is 0 Å². The number of aliphatic carboxylic acids is 1. The number of carbonyl (C=O) groups excluding carboxylic acids is 1.